The molecule has 1 atom stereocenters. The molecule has 0 bridgehead atoms. The third-order valence-electron chi connectivity index (χ3n) is 10.3. The van der Waals surface area contributed by atoms with E-state index in [0.29, 0.717) is 48.5 Å². The number of rotatable bonds is 14. The van der Waals surface area contributed by atoms with Gasteiger partial charge >= 0.3 is 37.7 Å². The Bertz CT molecular complexity index is 2650. The van der Waals surface area contributed by atoms with Crippen LogP contribution in [0.4, 0.5) is 13.2 Å². The molecule has 0 aromatic carbocycles. The predicted molar refractivity (Wildman–Crippen MR) is 280 cm³/mol. The van der Waals surface area contributed by atoms with E-state index >= 15 is 0 Å². The van der Waals surface area contributed by atoms with Crippen LogP contribution < -0.4 is 37.7 Å². The summed E-state index contributed by atoms with van der Waals surface area (Å²) in [6.45, 7) is 23.0. The molecule has 1 unspecified atom stereocenters. The number of aldehydes is 1. The standard InChI is InChI=1S/C15H15FN2O.C11H10FNO.C10H9BrFN.C8H14N2O2.2C4H9.C2H4O2.2Li.H2/c1-2-10-7-9-18-13(16)6-5-11(14(10)18)15(19)12-4-3-8-17-12;1-2-8-5-6-13-10(12)4-3-9(7-14)11(8)13;1-2-7-5-6-13-9(12)4-3-8(11)10(7)13;1-3-11-8(12-4-2)10-6-5-9-7-10;2*1-3-4-2;1-4-2-3;;;/h3,5-9,15,19H,2,4H2,1H3;3-7H,2H2,1H3;3-6H,2H2,1H3;5-8H,3-4H2,1-2H3;2*1,3-4H2,2H3;2H,1H3;;;1H/q;;;;2*-1;;2*+1;. The van der Waals surface area contributed by atoms with Gasteiger partial charge in [0, 0.05) is 73.8 Å². The molecular weight excluding hydrogens is 979 g/mol. The average molecular weight is 1050 g/mol. The second kappa shape index (κ2) is 38.0. The molecule has 0 fully saturated rings. The summed E-state index contributed by atoms with van der Waals surface area (Å²) < 4.78 is 62.0. The number of carbonyl (C=O) groups excluding carboxylic acids is 2. The quantitative estimate of drug-likeness (QED) is 0.0392. The topological polar surface area (TPSA) is 125 Å². The number of ether oxygens (including phenoxy) is 3. The van der Waals surface area contributed by atoms with Crippen LogP contribution in [-0.2, 0) is 38.3 Å². The number of pyridine rings is 3. The van der Waals surface area contributed by atoms with Gasteiger partial charge in [0.25, 0.3) is 6.47 Å². The minimum Gasteiger partial charge on any atom is -0.471 e. The van der Waals surface area contributed by atoms with Crippen LogP contribution in [0, 0.1) is 31.7 Å². The Morgan fingerprint density at radius 1 is 0.722 bits per heavy atom. The summed E-state index contributed by atoms with van der Waals surface area (Å²) in [5.41, 5.74) is 7.50. The van der Waals surface area contributed by atoms with E-state index in [1.165, 1.54) is 53.0 Å². The Morgan fingerprint density at radius 2 is 1.18 bits per heavy atom. The van der Waals surface area contributed by atoms with Crippen LogP contribution in [0.15, 0.2) is 114 Å². The molecule has 0 radical (unpaired) electrons. The van der Waals surface area contributed by atoms with Crippen molar-refractivity contribution in [2.24, 2.45) is 4.99 Å². The van der Waals surface area contributed by atoms with Crippen molar-refractivity contribution in [1.82, 2.24) is 22.8 Å². The van der Waals surface area contributed by atoms with E-state index in [1.807, 2.05) is 58.2 Å². The number of imidazole rings is 1. The van der Waals surface area contributed by atoms with Crippen LogP contribution in [-0.4, -0.2) is 66.7 Å². The summed E-state index contributed by atoms with van der Waals surface area (Å²) in [6, 6.07) is 14.7. The van der Waals surface area contributed by atoms with E-state index in [4.69, 9.17) is 14.3 Å². The van der Waals surface area contributed by atoms with Crippen LogP contribution in [0.1, 0.15) is 127 Å². The summed E-state index contributed by atoms with van der Waals surface area (Å²) in [5.74, 6) is -0.889. The molecule has 72 heavy (non-hydrogen) atoms. The molecule has 7 aromatic heterocycles. The van der Waals surface area contributed by atoms with Gasteiger partial charge in [0.05, 0.1) is 35.7 Å². The van der Waals surface area contributed by atoms with Crippen molar-refractivity contribution in [3.05, 3.63) is 168 Å². The zero-order valence-electron chi connectivity index (χ0n) is 43.8. The monoisotopic (exact) mass is 1050 g/mol. The minimum absolute atomic E-state index is 0. The number of nitrogens with zero attached hydrogens (tertiary/aromatic N) is 6. The number of methoxy groups -OCH3 is 1. The van der Waals surface area contributed by atoms with Crippen molar-refractivity contribution in [3.63, 3.8) is 0 Å². The minimum atomic E-state index is -0.779. The largest absolute Gasteiger partial charge is 1.00 e. The Hall–Kier alpha value is -4.62. The van der Waals surface area contributed by atoms with E-state index in [9.17, 15) is 23.1 Å². The number of carbonyl (C=O) groups is 2. The summed E-state index contributed by atoms with van der Waals surface area (Å²) in [7, 11) is 1.31. The molecule has 8 rings (SSSR count). The predicted octanol–water partition coefficient (Wildman–Crippen LogP) is 7.59. The Labute approximate surface area is 458 Å². The van der Waals surface area contributed by atoms with Crippen molar-refractivity contribution < 1.29 is 81.2 Å². The SMILES string of the molecule is CCOC(OCC)n1ccnc1.CCc1ccn2c(F)ccc(Br)c12.CCc1ccn2c(F)ccc(C(O)C3=NC=CC3)c12.CCc1ccn2c(F)ccc(C=O)c12.COC=O.[CH2-]CCC.[CH2-]CCC.[HH].[Li+].[Li+]. The van der Waals surface area contributed by atoms with Gasteiger partial charge < -0.3 is 33.2 Å². The molecule has 0 saturated carbocycles. The van der Waals surface area contributed by atoms with Gasteiger partial charge in [-0.3, -0.25) is 32.4 Å². The van der Waals surface area contributed by atoms with Gasteiger partial charge in [0.15, 0.2) is 24.1 Å². The summed E-state index contributed by atoms with van der Waals surface area (Å²) in [5, 5.41) is 10.4. The first-order chi connectivity index (χ1) is 33.9. The smallest absolute Gasteiger partial charge is 0.471 e. The summed E-state index contributed by atoms with van der Waals surface area (Å²) in [6.07, 6.45) is 21.2. The van der Waals surface area contributed by atoms with Gasteiger partial charge in [-0.15, -0.1) is 0 Å². The van der Waals surface area contributed by atoms with E-state index in [-0.39, 0.29) is 63.4 Å². The Morgan fingerprint density at radius 3 is 1.60 bits per heavy atom. The van der Waals surface area contributed by atoms with Gasteiger partial charge in [-0.1, -0.05) is 53.5 Å². The molecule has 384 valence electrons. The fraction of sp³-hybridized carbons (Fsp3) is 0.370. The molecule has 7 aromatic rings. The number of halogens is 4. The number of aliphatic hydroxyl groups excluding tert-OH is 1. The average Bonchev–Trinajstić information content (AvgIpc) is 4.26. The van der Waals surface area contributed by atoms with E-state index < -0.39 is 6.10 Å². The second-order valence-corrected chi connectivity index (χ2v) is 15.8. The molecular formula is C54H72BrF3Li2N6O6. The first-order valence-corrected chi connectivity index (χ1v) is 24.3. The first-order valence-electron chi connectivity index (χ1n) is 23.5. The van der Waals surface area contributed by atoms with E-state index in [2.05, 4.69) is 65.3 Å². The molecule has 18 heteroatoms. The molecule has 0 saturated heterocycles. The van der Waals surface area contributed by atoms with Gasteiger partial charge in [0.1, 0.15) is 6.10 Å². The van der Waals surface area contributed by atoms with Crippen molar-refractivity contribution in [2.75, 3.05) is 20.3 Å². The van der Waals surface area contributed by atoms with Crippen LogP contribution >= 0.6 is 15.9 Å². The molecule has 12 nitrogen and oxygen atoms in total. The second-order valence-electron chi connectivity index (χ2n) is 15.0. The maximum atomic E-state index is 13.8. The third kappa shape index (κ3) is 20.0. The zero-order valence-corrected chi connectivity index (χ0v) is 45.4. The Balaban J connectivity index is 0. The van der Waals surface area contributed by atoms with Gasteiger partial charge in [-0.25, -0.2) is 4.98 Å². The third-order valence-corrected chi connectivity index (χ3v) is 10.9. The molecule has 1 aliphatic heterocycles. The maximum absolute atomic E-state index is 13.8. The molecule has 1 N–H and O–H groups in total. The van der Waals surface area contributed by atoms with Crippen LogP contribution in [0.25, 0.3) is 16.6 Å². The van der Waals surface area contributed by atoms with Crippen LogP contribution in [0.3, 0.4) is 0 Å². The first kappa shape index (κ1) is 67.4. The van der Waals surface area contributed by atoms with E-state index in [0.717, 1.165) is 70.6 Å². The molecule has 0 amide bonds. The normalized spacial score (nSPS) is 11.2. The zero-order chi connectivity index (χ0) is 52.0. The van der Waals surface area contributed by atoms with Crippen LogP contribution in [0.2, 0.25) is 0 Å². The van der Waals surface area contributed by atoms with Crippen LogP contribution in [0.5, 0.6) is 0 Å². The Kier molecular flexibility index (Phi) is 35.6. The fourth-order valence-corrected chi connectivity index (χ4v) is 7.19. The van der Waals surface area contributed by atoms with Crippen molar-refractivity contribution >= 4 is 51.0 Å². The van der Waals surface area contributed by atoms with Gasteiger partial charge in [0.2, 0.25) is 6.41 Å². The van der Waals surface area contributed by atoms with Crippen molar-refractivity contribution in [3.8, 4) is 0 Å². The van der Waals surface area contributed by atoms with Crippen molar-refractivity contribution in [2.45, 2.75) is 112 Å². The van der Waals surface area contributed by atoms with E-state index in [1.54, 1.807) is 58.4 Å². The molecule has 0 aliphatic carbocycles. The summed E-state index contributed by atoms with van der Waals surface area (Å²) >= 11 is 3.41. The number of hydrogen-bond donors (Lipinski definition) is 1. The number of fused-ring (bicyclic) bond motifs is 3. The fourth-order valence-electron chi connectivity index (χ4n) is 6.61. The number of unbranched alkanes of at least 4 members (excludes halogenated alkanes) is 2. The van der Waals surface area contributed by atoms with Gasteiger partial charge in [-0.2, -0.15) is 26.0 Å². The number of aliphatic imine (C=N–C) groups is 1. The molecule has 0 spiro atoms. The molecule has 8 heterocycles. The maximum Gasteiger partial charge on any atom is 1.00 e. The van der Waals surface area contributed by atoms with Gasteiger partial charge in [-0.05, 0) is 120 Å². The number of aryl methyl sites for hydroxylation is 3. The van der Waals surface area contributed by atoms with Crippen molar-refractivity contribution in [1.29, 1.82) is 0 Å². The molecule has 1 aliphatic rings. The number of aromatic nitrogens is 5. The summed E-state index contributed by atoms with van der Waals surface area (Å²) in [4.78, 5) is 27.8. The number of hydrogen-bond acceptors (Lipinski definition) is 8. The number of aliphatic hydroxyl groups is 1. The number of allylic oxidation sites excluding steroid dienone is 1.